The molecule has 5 rings (SSSR count). The number of aromatic nitrogens is 7. The van der Waals surface area contributed by atoms with Crippen LogP contribution in [-0.2, 0) is 0 Å². The molecule has 0 unspecified atom stereocenters. The Balaban J connectivity index is 1.66. The highest BCUT2D eigenvalue weighted by Gasteiger charge is 2.13. The maximum Gasteiger partial charge on any atom is 0.145 e. The fourth-order valence-electron chi connectivity index (χ4n) is 2.50. The number of H-pyrrole nitrogens is 1. The van der Waals surface area contributed by atoms with Gasteiger partial charge < -0.3 is 0 Å². The standard InChI is InChI=1S/C16H9N7S2/c1-2-12-15(17-5-1)25-16(21-12)14-10-6-9(24-13-7-20-23-22-13)3-4-11(10)18-8-19-14/h1-8H,(H,20,22,23). The van der Waals surface area contributed by atoms with Crippen molar-refractivity contribution in [1.82, 2.24) is 35.3 Å². The van der Waals surface area contributed by atoms with Crippen molar-refractivity contribution in [1.29, 1.82) is 0 Å². The zero-order valence-electron chi connectivity index (χ0n) is 12.6. The Morgan fingerprint density at radius 2 is 2.04 bits per heavy atom. The van der Waals surface area contributed by atoms with E-state index in [-0.39, 0.29) is 0 Å². The normalized spacial score (nSPS) is 11.4. The van der Waals surface area contributed by atoms with Crippen molar-refractivity contribution < 1.29 is 0 Å². The van der Waals surface area contributed by atoms with Gasteiger partial charge in [-0.2, -0.15) is 10.3 Å². The molecule has 0 radical (unpaired) electrons. The lowest BCUT2D eigenvalue weighted by atomic mass is 10.2. The van der Waals surface area contributed by atoms with E-state index >= 15 is 0 Å². The van der Waals surface area contributed by atoms with Crippen molar-refractivity contribution in [3.05, 3.63) is 49.1 Å². The van der Waals surface area contributed by atoms with Gasteiger partial charge in [-0.25, -0.2) is 19.9 Å². The molecular formula is C16H9N7S2. The molecule has 9 heteroatoms. The Kier molecular flexibility index (Phi) is 3.39. The van der Waals surface area contributed by atoms with Gasteiger partial charge in [0.1, 0.15) is 32.4 Å². The number of benzene rings is 1. The molecule has 4 aromatic heterocycles. The lowest BCUT2D eigenvalue weighted by Crippen LogP contribution is -1.89. The summed E-state index contributed by atoms with van der Waals surface area (Å²) in [5.74, 6) is 0. The van der Waals surface area contributed by atoms with E-state index in [4.69, 9.17) is 0 Å². The summed E-state index contributed by atoms with van der Waals surface area (Å²) in [4.78, 5) is 19.8. The summed E-state index contributed by atoms with van der Waals surface area (Å²) in [5.41, 5.74) is 2.57. The van der Waals surface area contributed by atoms with Crippen LogP contribution in [0, 0.1) is 0 Å². The van der Waals surface area contributed by atoms with E-state index in [1.807, 2.05) is 24.3 Å². The van der Waals surface area contributed by atoms with Crippen LogP contribution in [0.4, 0.5) is 0 Å². The topological polar surface area (TPSA) is 93.1 Å². The average Bonchev–Trinajstić information content (AvgIpc) is 3.30. The first-order chi connectivity index (χ1) is 12.4. The van der Waals surface area contributed by atoms with E-state index in [1.165, 1.54) is 23.1 Å². The molecule has 0 amide bonds. The predicted octanol–water partition coefficient (Wildman–Crippen LogP) is 3.57. The van der Waals surface area contributed by atoms with Gasteiger partial charge in [0.2, 0.25) is 0 Å². The smallest absolute Gasteiger partial charge is 0.145 e. The molecule has 120 valence electrons. The van der Waals surface area contributed by atoms with E-state index in [9.17, 15) is 0 Å². The van der Waals surface area contributed by atoms with Gasteiger partial charge in [-0.3, -0.25) is 0 Å². The quantitative estimate of drug-likeness (QED) is 0.524. The Morgan fingerprint density at radius 1 is 1.04 bits per heavy atom. The molecule has 25 heavy (non-hydrogen) atoms. The lowest BCUT2D eigenvalue weighted by Gasteiger charge is -2.04. The van der Waals surface area contributed by atoms with Crippen LogP contribution < -0.4 is 0 Å². The molecule has 7 nitrogen and oxygen atoms in total. The van der Waals surface area contributed by atoms with Gasteiger partial charge in [0, 0.05) is 16.5 Å². The molecule has 0 aliphatic rings. The number of thiazole rings is 1. The molecule has 4 heterocycles. The summed E-state index contributed by atoms with van der Waals surface area (Å²) in [6.45, 7) is 0. The number of aromatic amines is 1. The van der Waals surface area contributed by atoms with Crippen molar-refractivity contribution in [2.75, 3.05) is 0 Å². The van der Waals surface area contributed by atoms with Crippen LogP contribution >= 0.6 is 23.1 Å². The largest absolute Gasteiger partial charge is 0.244 e. The van der Waals surface area contributed by atoms with Crippen LogP contribution in [0.2, 0.25) is 0 Å². The van der Waals surface area contributed by atoms with E-state index in [0.717, 1.165) is 41.9 Å². The molecule has 0 aliphatic carbocycles. The van der Waals surface area contributed by atoms with Crippen molar-refractivity contribution >= 4 is 44.3 Å². The second-order valence-corrected chi connectivity index (χ2v) is 7.23. The lowest BCUT2D eigenvalue weighted by molar-refractivity contribution is 0.911. The highest BCUT2D eigenvalue weighted by Crippen LogP contribution is 2.34. The first-order valence-electron chi connectivity index (χ1n) is 7.37. The Morgan fingerprint density at radius 3 is 2.92 bits per heavy atom. The second-order valence-electron chi connectivity index (χ2n) is 5.16. The van der Waals surface area contributed by atoms with E-state index in [1.54, 1.807) is 18.7 Å². The zero-order valence-corrected chi connectivity index (χ0v) is 14.3. The molecule has 0 spiro atoms. The summed E-state index contributed by atoms with van der Waals surface area (Å²) < 4.78 is 0. The third kappa shape index (κ3) is 2.63. The molecule has 1 aromatic carbocycles. The van der Waals surface area contributed by atoms with Crippen molar-refractivity contribution in [3.63, 3.8) is 0 Å². The SMILES string of the molecule is c1cnc2sc(-c3ncnc4ccc(Sc5cn[nH]n5)cc34)nc2c1. The van der Waals surface area contributed by atoms with Gasteiger partial charge in [0.25, 0.3) is 0 Å². The van der Waals surface area contributed by atoms with E-state index in [2.05, 4.69) is 41.4 Å². The number of nitrogens with one attached hydrogen (secondary N) is 1. The highest BCUT2D eigenvalue weighted by atomic mass is 32.2. The summed E-state index contributed by atoms with van der Waals surface area (Å²) in [6, 6.07) is 9.89. The molecule has 0 atom stereocenters. The minimum atomic E-state index is 0.807. The summed E-state index contributed by atoms with van der Waals surface area (Å²) in [7, 11) is 0. The van der Waals surface area contributed by atoms with Crippen LogP contribution in [0.25, 0.3) is 32.0 Å². The van der Waals surface area contributed by atoms with Gasteiger partial charge in [0.15, 0.2) is 0 Å². The first-order valence-corrected chi connectivity index (χ1v) is 9.00. The maximum atomic E-state index is 4.67. The summed E-state index contributed by atoms with van der Waals surface area (Å²) >= 11 is 3.06. The molecule has 0 fully saturated rings. The van der Waals surface area contributed by atoms with Crippen LogP contribution in [0.3, 0.4) is 0 Å². The van der Waals surface area contributed by atoms with Gasteiger partial charge in [-0.15, -0.1) is 5.10 Å². The Labute approximate surface area is 149 Å². The third-order valence-electron chi connectivity index (χ3n) is 3.59. The predicted molar refractivity (Wildman–Crippen MR) is 96.5 cm³/mol. The number of rotatable bonds is 3. The molecule has 0 saturated carbocycles. The van der Waals surface area contributed by atoms with Crippen LogP contribution in [-0.4, -0.2) is 35.3 Å². The van der Waals surface area contributed by atoms with Gasteiger partial charge >= 0.3 is 0 Å². The van der Waals surface area contributed by atoms with Crippen LogP contribution in [0.1, 0.15) is 0 Å². The number of hydrogen-bond donors (Lipinski definition) is 1. The third-order valence-corrected chi connectivity index (χ3v) is 5.47. The Bertz CT molecular complexity index is 1150. The fourth-order valence-corrected chi connectivity index (χ4v) is 4.17. The van der Waals surface area contributed by atoms with Gasteiger partial charge in [-0.1, -0.05) is 23.1 Å². The number of fused-ring (bicyclic) bond motifs is 2. The van der Waals surface area contributed by atoms with Crippen molar-refractivity contribution in [3.8, 4) is 10.7 Å². The molecule has 0 aliphatic heterocycles. The van der Waals surface area contributed by atoms with Crippen LogP contribution in [0.5, 0.6) is 0 Å². The minimum absolute atomic E-state index is 0.807. The van der Waals surface area contributed by atoms with Crippen molar-refractivity contribution in [2.45, 2.75) is 9.92 Å². The van der Waals surface area contributed by atoms with E-state index < -0.39 is 0 Å². The summed E-state index contributed by atoms with van der Waals surface area (Å²) in [5, 5.41) is 13.1. The number of pyridine rings is 1. The monoisotopic (exact) mass is 363 g/mol. The molecular weight excluding hydrogens is 354 g/mol. The molecule has 1 N–H and O–H groups in total. The molecule has 0 bridgehead atoms. The second kappa shape index (κ2) is 5.87. The van der Waals surface area contributed by atoms with Crippen LogP contribution in [0.15, 0.2) is 59.0 Å². The molecule has 5 aromatic rings. The summed E-state index contributed by atoms with van der Waals surface area (Å²) in [6.07, 6.45) is 5.03. The van der Waals surface area contributed by atoms with Crippen molar-refractivity contribution in [2.24, 2.45) is 0 Å². The Hall–Kier alpha value is -2.91. The van der Waals surface area contributed by atoms with Gasteiger partial charge in [0.05, 0.1) is 11.7 Å². The molecule has 0 saturated heterocycles. The average molecular weight is 363 g/mol. The number of hydrogen-bond acceptors (Lipinski definition) is 8. The minimum Gasteiger partial charge on any atom is -0.244 e. The first kappa shape index (κ1) is 14.4. The zero-order chi connectivity index (χ0) is 16.6. The fraction of sp³-hybridized carbons (Fsp3) is 0. The highest BCUT2D eigenvalue weighted by molar-refractivity contribution is 7.99. The number of nitrogens with zero attached hydrogens (tertiary/aromatic N) is 6. The van der Waals surface area contributed by atoms with Gasteiger partial charge in [-0.05, 0) is 30.3 Å². The van der Waals surface area contributed by atoms with E-state index in [0.29, 0.717) is 0 Å². The maximum absolute atomic E-state index is 4.67.